The third-order valence-corrected chi connectivity index (χ3v) is 2.16. The minimum Gasteiger partial charge on any atom is -0.376 e. The molecule has 3 heteroatoms. The molecule has 84 valence electrons. The number of ether oxygens (including phenoxy) is 1. The summed E-state index contributed by atoms with van der Waals surface area (Å²) in [5, 5.41) is 0. The summed E-state index contributed by atoms with van der Waals surface area (Å²) in [4.78, 5) is 10.6. The number of nitrogens with two attached hydrogens (primary N) is 1. The monoisotopic (exact) mass is 201 g/mol. The molecule has 0 spiro atoms. The highest BCUT2D eigenvalue weighted by atomic mass is 16.5. The molecule has 3 nitrogen and oxygen atoms in total. The SMILES string of the molecule is CC(C)CCOC(C)(C)CCC(N)=O. The van der Waals surface area contributed by atoms with Gasteiger partial charge in [-0.25, -0.2) is 0 Å². The van der Waals surface area contributed by atoms with Crippen LogP contribution in [-0.4, -0.2) is 18.1 Å². The van der Waals surface area contributed by atoms with Crippen LogP contribution in [0.15, 0.2) is 0 Å². The van der Waals surface area contributed by atoms with Crippen molar-refractivity contribution in [2.24, 2.45) is 11.7 Å². The highest BCUT2D eigenvalue weighted by molar-refractivity contribution is 5.73. The van der Waals surface area contributed by atoms with Crippen LogP contribution < -0.4 is 5.73 Å². The van der Waals surface area contributed by atoms with Gasteiger partial charge in [0.1, 0.15) is 0 Å². The second-order valence-corrected chi connectivity index (χ2v) is 4.76. The Morgan fingerprint density at radius 1 is 1.43 bits per heavy atom. The average Bonchev–Trinajstić information content (AvgIpc) is 2.00. The van der Waals surface area contributed by atoms with E-state index in [-0.39, 0.29) is 11.5 Å². The van der Waals surface area contributed by atoms with Gasteiger partial charge in [-0.1, -0.05) is 13.8 Å². The summed E-state index contributed by atoms with van der Waals surface area (Å²) in [6.07, 6.45) is 2.15. The lowest BCUT2D eigenvalue weighted by Crippen LogP contribution is -2.27. The summed E-state index contributed by atoms with van der Waals surface area (Å²) in [5.41, 5.74) is 4.85. The first kappa shape index (κ1) is 13.4. The molecule has 0 aromatic carbocycles. The van der Waals surface area contributed by atoms with Gasteiger partial charge in [0.25, 0.3) is 0 Å². The van der Waals surface area contributed by atoms with Crippen LogP contribution in [0.4, 0.5) is 0 Å². The number of hydrogen-bond donors (Lipinski definition) is 1. The molecule has 0 fully saturated rings. The van der Waals surface area contributed by atoms with Crippen molar-refractivity contribution in [3.8, 4) is 0 Å². The van der Waals surface area contributed by atoms with E-state index in [0.29, 0.717) is 18.8 Å². The predicted octanol–water partition coefficient (Wildman–Crippen LogP) is 2.09. The van der Waals surface area contributed by atoms with Gasteiger partial charge in [-0.05, 0) is 32.6 Å². The van der Waals surface area contributed by atoms with Crippen LogP contribution in [0.1, 0.15) is 47.0 Å². The van der Waals surface area contributed by atoms with Gasteiger partial charge in [-0.15, -0.1) is 0 Å². The maximum absolute atomic E-state index is 10.6. The summed E-state index contributed by atoms with van der Waals surface area (Å²) < 4.78 is 5.68. The molecule has 0 aromatic heterocycles. The fourth-order valence-electron chi connectivity index (χ4n) is 1.07. The lowest BCUT2D eigenvalue weighted by Gasteiger charge is -2.25. The van der Waals surface area contributed by atoms with Crippen molar-refractivity contribution in [1.82, 2.24) is 0 Å². The first-order valence-electron chi connectivity index (χ1n) is 5.26. The Labute approximate surface area is 87.0 Å². The van der Waals surface area contributed by atoms with Gasteiger partial charge >= 0.3 is 0 Å². The van der Waals surface area contributed by atoms with Crippen LogP contribution in [0.2, 0.25) is 0 Å². The summed E-state index contributed by atoms with van der Waals surface area (Å²) in [6, 6.07) is 0. The molecule has 0 rings (SSSR count). The van der Waals surface area contributed by atoms with E-state index in [1.165, 1.54) is 0 Å². The molecule has 0 aromatic rings. The van der Waals surface area contributed by atoms with E-state index in [0.717, 1.165) is 13.0 Å². The standard InChI is InChI=1S/C11H23NO2/c1-9(2)6-8-14-11(3,4)7-5-10(12)13/h9H,5-8H2,1-4H3,(H2,12,13). The Kier molecular flexibility index (Phi) is 5.77. The maximum atomic E-state index is 10.6. The van der Waals surface area contributed by atoms with Crippen LogP contribution in [0.5, 0.6) is 0 Å². The van der Waals surface area contributed by atoms with Crippen molar-refractivity contribution < 1.29 is 9.53 Å². The quantitative estimate of drug-likeness (QED) is 0.685. The van der Waals surface area contributed by atoms with Gasteiger partial charge in [0.15, 0.2) is 0 Å². The summed E-state index contributed by atoms with van der Waals surface area (Å²) >= 11 is 0. The molecule has 0 heterocycles. The van der Waals surface area contributed by atoms with Gasteiger partial charge < -0.3 is 10.5 Å². The zero-order valence-electron chi connectivity index (χ0n) is 9.80. The predicted molar refractivity (Wildman–Crippen MR) is 57.9 cm³/mol. The number of carbonyl (C=O) groups excluding carboxylic acids is 1. The normalized spacial score (nSPS) is 12.1. The molecule has 0 radical (unpaired) electrons. The molecule has 1 amide bonds. The summed E-state index contributed by atoms with van der Waals surface area (Å²) in [6.45, 7) is 9.08. The lowest BCUT2D eigenvalue weighted by atomic mass is 10.0. The molecule has 0 aliphatic carbocycles. The smallest absolute Gasteiger partial charge is 0.217 e. The fraction of sp³-hybridized carbons (Fsp3) is 0.909. The molecule has 0 saturated carbocycles. The van der Waals surface area contributed by atoms with Gasteiger partial charge in [0.2, 0.25) is 5.91 Å². The number of carbonyl (C=O) groups is 1. The first-order valence-corrected chi connectivity index (χ1v) is 5.26. The minimum atomic E-state index is -0.259. The number of rotatable bonds is 7. The van der Waals surface area contributed by atoms with Gasteiger partial charge in [0.05, 0.1) is 5.60 Å². The Morgan fingerprint density at radius 2 is 2.00 bits per heavy atom. The van der Waals surface area contributed by atoms with Crippen molar-refractivity contribution >= 4 is 5.91 Å². The molecule has 0 aliphatic heterocycles. The van der Waals surface area contributed by atoms with Crippen LogP contribution in [0.25, 0.3) is 0 Å². The molecule has 0 atom stereocenters. The van der Waals surface area contributed by atoms with E-state index in [2.05, 4.69) is 13.8 Å². The third kappa shape index (κ3) is 8.05. The van der Waals surface area contributed by atoms with Crippen molar-refractivity contribution in [3.05, 3.63) is 0 Å². The van der Waals surface area contributed by atoms with Crippen LogP contribution in [-0.2, 0) is 9.53 Å². The Bertz CT molecular complexity index is 176. The van der Waals surface area contributed by atoms with E-state index in [1.54, 1.807) is 0 Å². The summed E-state index contributed by atoms with van der Waals surface area (Å²) in [5.74, 6) is 0.396. The molecule has 0 saturated heterocycles. The molecule has 14 heavy (non-hydrogen) atoms. The maximum Gasteiger partial charge on any atom is 0.217 e. The minimum absolute atomic E-state index is 0.232. The largest absolute Gasteiger partial charge is 0.376 e. The summed E-state index contributed by atoms with van der Waals surface area (Å²) in [7, 11) is 0. The molecule has 2 N–H and O–H groups in total. The average molecular weight is 201 g/mol. The lowest BCUT2D eigenvalue weighted by molar-refractivity contribution is -0.119. The Hall–Kier alpha value is -0.570. The van der Waals surface area contributed by atoms with Gasteiger partial charge in [0, 0.05) is 13.0 Å². The Morgan fingerprint density at radius 3 is 2.43 bits per heavy atom. The van der Waals surface area contributed by atoms with Crippen molar-refractivity contribution in [1.29, 1.82) is 0 Å². The van der Waals surface area contributed by atoms with E-state index in [9.17, 15) is 4.79 Å². The van der Waals surface area contributed by atoms with Gasteiger partial charge in [-0.2, -0.15) is 0 Å². The van der Waals surface area contributed by atoms with Crippen LogP contribution in [0.3, 0.4) is 0 Å². The topological polar surface area (TPSA) is 52.3 Å². The molecule has 0 bridgehead atoms. The zero-order chi connectivity index (χ0) is 11.2. The second kappa shape index (κ2) is 6.02. The van der Waals surface area contributed by atoms with Crippen molar-refractivity contribution in [2.75, 3.05) is 6.61 Å². The second-order valence-electron chi connectivity index (χ2n) is 4.76. The fourth-order valence-corrected chi connectivity index (χ4v) is 1.07. The van der Waals surface area contributed by atoms with E-state index >= 15 is 0 Å². The van der Waals surface area contributed by atoms with Crippen molar-refractivity contribution in [3.63, 3.8) is 0 Å². The molecule has 0 aliphatic rings. The Balaban J connectivity index is 3.66. The number of amides is 1. The molecular formula is C11H23NO2. The third-order valence-electron chi connectivity index (χ3n) is 2.16. The van der Waals surface area contributed by atoms with Crippen LogP contribution >= 0.6 is 0 Å². The number of hydrogen-bond acceptors (Lipinski definition) is 2. The van der Waals surface area contributed by atoms with E-state index < -0.39 is 0 Å². The highest BCUT2D eigenvalue weighted by Crippen LogP contribution is 2.17. The van der Waals surface area contributed by atoms with E-state index in [1.807, 2.05) is 13.8 Å². The molecular weight excluding hydrogens is 178 g/mol. The van der Waals surface area contributed by atoms with E-state index in [4.69, 9.17) is 10.5 Å². The number of primary amides is 1. The van der Waals surface area contributed by atoms with Crippen LogP contribution in [0, 0.1) is 5.92 Å². The zero-order valence-corrected chi connectivity index (χ0v) is 9.80. The van der Waals surface area contributed by atoms with Gasteiger partial charge in [-0.3, -0.25) is 4.79 Å². The molecule has 0 unspecified atom stereocenters. The highest BCUT2D eigenvalue weighted by Gasteiger charge is 2.18. The first-order chi connectivity index (χ1) is 6.33. The van der Waals surface area contributed by atoms with Crippen molar-refractivity contribution in [2.45, 2.75) is 52.6 Å².